The maximum atomic E-state index is 10.5. The van der Waals surface area contributed by atoms with Gasteiger partial charge in [0.2, 0.25) is 0 Å². The van der Waals surface area contributed by atoms with Crippen molar-refractivity contribution < 1.29 is 5.11 Å². The van der Waals surface area contributed by atoms with Crippen LogP contribution in [-0.4, -0.2) is 19.9 Å². The first-order valence-corrected chi connectivity index (χ1v) is 7.23. The predicted octanol–water partition coefficient (Wildman–Crippen LogP) is 3.04. The molecule has 1 unspecified atom stereocenters. The van der Waals surface area contributed by atoms with Gasteiger partial charge in [0.25, 0.3) is 0 Å². The summed E-state index contributed by atoms with van der Waals surface area (Å²) in [6.45, 7) is 4.87. The number of aromatic nitrogens is 3. The van der Waals surface area contributed by atoms with Gasteiger partial charge >= 0.3 is 0 Å². The van der Waals surface area contributed by atoms with Gasteiger partial charge in [-0.2, -0.15) is 5.10 Å². The molecule has 2 heterocycles. The number of aliphatic hydroxyl groups excluding tert-OH is 1. The third-order valence-corrected chi connectivity index (χ3v) is 3.84. The normalized spacial score (nSPS) is 12.7. The van der Waals surface area contributed by atoms with Gasteiger partial charge in [0, 0.05) is 30.7 Å². The monoisotopic (exact) mass is 281 g/mol. The van der Waals surface area contributed by atoms with Crippen LogP contribution in [0.5, 0.6) is 0 Å². The minimum atomic E-state index is -0.559. The van der Waals surface area contributed by atoms with Gasteiger partial charge in [-0.05, 0) is 37.1 Å². The van der Waals surface area contributed by atoms with E-state index >= 15 is 0 Å². The maximum Gasteiger partial charge on any atom is 0.0850 e. The van der Waals surface area contributed by atoms with E-state index in [2.05, 4.69) is 29.1 Å². The van der Waals surface area contributed by atoms with Gasteiger partial charge in [0.1, 0.15) is 0 Å². The standard InChI is InChI=1S/C17H19N3O/c1-3-20-16-7-5-4-6-14(16)15(19-20)10-17(21)13-8-9-18-11-12(13)2/h4-9,11,17,21H,3,10H2,1-2H3. The molecule has 0 amide bonds. The second-order valence-electron chi connectivity index (χ2n) is 5.23. The van der Waals surface area contributed by atoms with Crippen LogP contribution in [0.3, 0.4) is 0 Å². The Labute approximate surface area is 124 Å². The van der Waals surface area contributed by atoms with Gasteiger partial charge in [-0.1, -0.05) is 18.2 Å². The molecule has 0 aliphatic carbocycles. The molecular weight excluding hydrogens is 262 g/mol. The zero-order valence-electron chi connectivity index (χ0n) is 12.3. The molecular formula is C17H19N3O. The molecule has 0 spiro atoms. The Morgan fingerprint density at radius 3 is 2.81 bits per heavy atom. The molecule has 1 N–H and O–H groups in total. The van der Waals surface area contributed by atoms with Gasteiger partial charge in [0.15, 0.2) is 0 Å². The van der Waals surface area contributed by atoms with Crippen LogP contribution in [0.1, 0.15) is 29.8 Å². The highest BCUT2D eigenvalue weighted by atomic mass is 16.3. The van der Waals surface area contributed by atoms with Crippen LogP contribution in [0.15, 0.2) is 42.7 Å². The first kappa shape index (κ1) is 13.8. The van der Waals surface area contributed by atoms with Crippen molar-refractivity contribution in [2.75, 3.05) is 0 Å². The molecule has 0 fully saturated rings. The number of aryl methyl sites for hydroxylation is 2. The molecule has 4 nitrogen and oxygen atoms in total. The van der Waals surface area contributed by atoms with E-state index in [9.17, 15) is 5.11 Å². The van der Waals surface area contributed by atoms with E-state index in [-0.39, 0.29) is 0 Å². The largest absolute Gasteiger partial charge is 0.388 e. The summed E-state index contributed by atoms with van der Waals surface area (Å²) in [4.78, 5) is 4.07. The summed E-state index contributed by atoms with van der Waals surface area (Å²) < 4.78 is 1.98. The lowest BCUT2D eigenvalue weighted by molar-refractivity contribution is 0.176. The lowest BCUT2D eigenvalue weighted by Gasteiger charge is -2.12. The molecule has 3 rings (SSSR count). The van der Waals surface area contributed by atoms with Gasteiger partial charge in [-0.3, -0.25) is 9.67 Å². The number of nitrogens with zero attached hydrogens (tertiary/aromatic N) is 3. The van der Waals surface area contributed by atoms with Crippen molar-refractivity contribution >= 4 is 10.9 Å². The van der Waals surface area contributed by atoms with E-state index < -0.39 is 6.10 Å². The summed E-state index contributed by atoms with van der Waals surface area (Å²) >= 11 is 0. The summed E-state index contributed by atoms with van der Waals surface area (Å²) in [6.07, 6.45) is 3.45. The molecule has 0 radical (unpaired) electrons. The first-order valence-electron chi connectivity index (χ1n) is 7.23. The number of para-hydroxylation sites is 1. The van der Waals surface area contributed by atoms with E-state index in [4.69, 9.17) is 0 Å². The molecule has 0 saturated carbocycles. The van der Waals surface area contributed by atoms with E-state index in [1.807, 2.05) is 29.8 Å². The van der Waals surface area contributed by atoms with Crippen LogP contribution in [0, 0.1) is 6.92 Å². The fraction of sp³-hybridized carbons (Fsp3) is 0.294. The second kappa shape index (κ2) is 5.66. The molecule has 0 aliphatic heterocycles. The summed E-state index contributed by atoms with van der Waals surface area (Å²) in [6, 6.07) is 10.0. The van der Waals surface area contributed by atoms with Gasteiger partial charge < -0.3 is 5.11 Å². The maximum absolute atomic E-state index is 10.5. The molecule has 0 saturated heterocycles. The smallest absolute Gasteiger partial charge is 0.0850 e. The lowest BCUT2D eigenvalue weighted by atomic mass is 10.0. The minimum absolute atomic E-state index is 0.512. The molecule has 108 valence electrons. The van der Waals surface area contributed by atoms with Gasteiger partial charge in [-0.15, -0.1) is 0 Å². The number of rotatable bonds is 4. The molecule has 0 aliphatic rings. The first-order chi connectivity index (χ1) is 10.2. The van der Waals surface area contributed by atoms with Crippen molar-refractivity contribution in [3.05, 3.63) is 59.5 Å². The molecule has 0 bridgehead atoms. The zero-order chi connectivity index (χ0) is 14.8. The highest BCUT2D eigenvalue weighted by Crippen LogP contribution is 2.25. The minimum Gasteiger partial charge on any atom is -0.388 e. The fourth-order valence-corrected chi connectivity index (χ4v) is 2.74. The van der Waals surface area contributed by atoms with Crippen molar-refractivity contribution in [3.8, 4) is 0 Å². The molecule has 3 aromatic rings. The van der Waals surface area contributed by atoms with Crippen molar-refractivity contribution in [1.82, 2.24) is 14.8 Å². The molecule has 1 aromatic carbocycles. The number of benzene rings is 1. The van der Waals surface area contributed by atoms with E-state index in [1.54, 1.807) is 12.4 Å². The summed E-state index contributed by atoms with van der Waals surface area (Å²) in [7, 11) is 0. The zero-order valence-corrected chi connectivity index (χ0v) is 12.3. The quantitative estimate of drug-likeness (QED) is 0.799. The van der Waals surface area contributed by atoms with E-state index in [0.29, 0.717) is 6.42 Å². The Hall–Kier alpha value is -2.20. The Bertz CT molecular complexity index is 764. The van der Waals surface area contributed by atoms with Crippen molar-refractivity contribution in [2.45, 2.75) is 32.9 Å². The Morgan fingerprint density at radius 1 is 1.24 bits per heavy atom. The molecule has 4 heteroatoms. The Balaban J connectivity index is 1.97. The number of hydrogen-bond acceptors (Lipinski definition) is 3. The van der Waals surface area contributed by atoms with Crippen LogP contribution < -0.4 is 0 Å². The SMILES string of the molecule is CCn1nc(CC(O)c2ccncc2C)c2ccccc21. The average Bonchev–Trinajstić information content (AvgIpc) is 2.86. The Kier molecular flexibility index (Phi) is 3.71. The van der Waals surface area contributed by atoms with Crippen LogP contribution in [0.25, 0.3) is 10.9 Å². The summed E-state index contributed by atoms with van der Waals surface area (Å²) in [5.74, 6) is 0. The number of pyridine rings is 1. The number of fused-ring (bicyclic) bond motifs is 1. The topological polar surface area (TPSA) is 50.9 Å². The number of aliphatic hydroxyl groups is 1. The van der Waals surface area contributed by atoms with Crippen LogP contribution in [0.4, 0.5) is 0 Å². The molecule has 21 heavy (non-hydrogen) atoms. The highest BCUT2D eigenvalue weighted by molar-refractivity contribution is 5.82. The van der Waals surface area contributed by atoms with Crippen LogP contribution in [0.2, 0.25) is 0 Å². The molecule has 2 aromatic heterocycles. The fourth-order valence-electron chi connectivity index (χ4n) is 2.74. The van der Waals surface area contributed by atoms with Crippen molar-refractivity contribution in [2.24, 2.45) is 0 Å². The predicted molar refractivity (Wildman–Crippen MR) is 83.0 cm³/mol. The third kappa shape index (κ3) is 2.54. The summed E-state index contributed by atoms with van der Waals surface area (Å²) in [5.41, 5.74) is 3.98. The number of hydrogen-bond donors (Lipinski definition) is 1. The van der Waals surface area contributed by atoms with Crippen LogP contribution >= 0.6 is 0 Å². The lowest BCUT2D eigenvalue weighted by Crippen LogP contribution is -2.05. The van der Waals surface area contributed by atoms with E-state index in [1.165, 1.54) is 0 Å². The van der Waals surface area contributed by atoms with Crippen LogP contribution in [-0.2, 0) is 13.0 Å². The second-order valence-corrected chi connectivity index (χ2v) is 5.23. The Morgan fingerprint density at radius 2 is 2.05 bits per heavy atom. The van der Waals surface area contributed by atoms with Gasteiger partial charge in [-0.25, -0.2) is 0 Å². The highest BCUT2D eigenvalue weighted by Gasteiger charge is 2.16. The summed E-state index contributed by atoms with van der Waals surface area (Å²) in [5, 5.41) is 16.3. The van der Waals surface area contributed by atoms with Gasteiger partial charge in [0.05, 0.1) is 17.3 Å². The van der Waals surface area contributed by atoms with E-state index in [0.717, 1.165) is 34.3 Å². The third-order valence-electron chi connectivity index (χ3n) is 3.84. The average molecular weight is 281 g/mol. The van der Waals surface area contributed by atoms with Crippen molar-refractivity contribution in [1.29, 1.82) is 0 Å². The van der Waals surface area contributed by atoms with Crippen molar-refractivity contribution in [3.63, 3.8) is 0 Å². The molecule has 1 atom stereocenters.